The molecule has 0 aromatic carbocycles. The van der Waals surface area contributed by atoms with Gasteiger partial charge < -0.3 is 5.32 Å². The lowest BCUT2D eigenvalue weighted by atomic mass is 10.00. The van der Waals surface area contributed by atoms with Crippen LogP contribution in [-0.4, -0.2) is 50.5 Å². The zero-order valence-corrected chi connectivity index (χ0v) is 12.9. The van der Waals surface area contributed by atoms with Crippen LogP contribution in [0.1, 0.15) is 32.6 Å². The maximum atomic E-state index is 11.5. The predicted octanol–water partition coefficient (Wildman–Crippen LogP) is 1.66. The van der Waals surface area contributed by atoms with Crippen LogP contribution < -0.4 is 5.32 Å². The lowest BCUT2D eigenvalue weighted by Crippen LogP contribution is -2.42. The molecule has 0 saturated carbocycles. The third-order valence-electron chi connectivity index (χ3n) is 3.46. The van der Waals surface area contributed by atoms with Gasteiger partial charge in [-0.2, -0.15) is 0 Å². The Bertz CT molecular complexity index is 335. The Hall–Kier alpha value is 0.160. The highest BCUT2D eigenvalue weighted by molar-refractivity contribution is 7.88. The van der Waals surface area contributed by atoms with Crippen molar-refractivity contribution in [1.82, 2.24) is 9.62 Å². The van der Waals surface area contributed by atoms with Gasteiger partial charge in [0.15, 0.2) is 0 Å². The van der Waals surface area contributed by atoms with Gasteiger partial charge in [-0.3, -0.25) is 0 Å². The van der Waals surface area contributed by atoms with E-state index in [-0.39, 0.29) is 5.38 Å². The van der Waals surface area contributed by atoms with Crippen LogP contribution in [0.3, 0.4) is 0 Å². The first-order valence-electron chi connectivity index (χ1n) is 6.73. The molecule has 2 atom stereocenters. The lowest BCUT2D eigenvalue weighted by Gasteiger charge is -2.31. The first-order chi connectivity index (χ1) is 8.43. The summed E-state index contributed by atoms with van der Waals surface area (Å²) in [5.41, 5.74) is 0. The molecule has 4 nitrogen and oxygen atoms in total. The van der Waals surface area contributed by atoms with Crippen molar-refractivity contribution in [3.63, 3.8) is 0 Å². The Morgan fingerprint density at radius 1 is 1.50 bits per heavy atom. The van der Waals surface area contributed by atoms with Crippen molar-refractivity contribution >= 4 is 21.6 Å². The minimum Gasteiger partial charge on any atom is -0.316 e. The normalized spacial score (nSPS) is 24.1. The van der Waals surface area contributed by atoms with Crippen LogP contribution >= 0.6 is 11.6 Å². The summed E-state index contributed by atoms with van der Waals surface area (Å²) >= 11 is 6.04. The fourth-order valence-corrected chi connectivity index (χ4v) is 3.32. The maximum absolute atomic E-state index is 11.5. The van der Waals surface area contributed by atoms with Crippen molar-refractivity contribution in [2.75, 3.05) is 32.4 Å². The van der Waals surface area contributed by atoms with Gasteiger partial charge in [-0.1, -0.05) is 6.92 Å². The van der Waals surface area contributed by atoms with E-state index in [4.69, 9.17) is 11.6 Å². The number of hydrogen-bond acceptors (Lipinski definition) is 3. The molecule has 0 bridgehead atoms. The molecule has 108 valence electrons. The highest BCUT2D eigenvalue weighted by Gasteiger charge is 2.25. The van der Waals surface area contributed by atoms with Crippen LogP contribution in [0.5, 0.6) is 0 Å². The topological polar surface area (TPSA) is 49.4 Å². The van der Waals surface area contributed by atoms with E-state index >= 15 is 0 Å². The number of alkyl halides is 1. The molecular formula is C12H25ClN2O2S. The number of piperidine rings is 1. The largest absolute Gasteiger partial charge is 0.316 e. The average molecular weight is 297 g/mol. The number of sulfonamides is 1. The summed E-state index contributed by atoms with van der Waals surface area (Å²) < 4.78 is 24.6. The number of hydrogen-bond donors (Lipinski definition) is 1. The summed E-state index contributed by atoms with van der Waals surface area (Å²) in [6, 6.07) is 0. The third-order valence-corrected chi connectivity index (χ3v) is 5.26. The van der Waals surface area contributed by atoms with E-state index in [1.54, 1.807) is 4.31 Å². The van der Waals surface area contributed by atoms with Gasteiger partial charge in [0.05, 0.1) is 6.26 Å². The third kappa shape index (κ3) is 5.87. The molecule has 1 fully saturated rings. The van der Waals surface area contributed by atoms with E-state index in [0.29, 0.717) is 19.0 Å². The van der Waals surface area contributed by atoms with E-state index < -0.39 is 10.0 Å². The number of nitrogens with one attached hydrogen (secondary N) is 1. The zero-order valence-electron chi connectivity index (χ0n) is 11.4. The van der Waals surface area contributed by atoms with Gasteiger partial charge in [0, 0.05) is 18.5 Å². The summed E-state index contributed by atoms with van der Waals surface area (Å²) in [7, 11) is -3.02. The van der Waals surface area contributed by atoms with Crippen LogP contribution in [0.15, 0.2) is 0 Å². The second kappa shape index (κ2) is 7.68. The monoisotopic (exact) mass is 296 g/mol. The number of halogens is 1. The van der Waals surface area contributed by atoms with E-state index in [0.717, 1.165) is 38.8 Å². The SMILES string of the molecule is CCC(Cl)CCNCC1CCCN(S(C)(=O)=O)C1. The summed E-state index contributed by atoms with van der Waals surface area (Å²) in [5, 5.41) is 3.63. The summed E-state index contributed by atoms with van der Waals surface area (Å²) in [6.07, 6.45) is 5.33. The van der Waals surface area contributed by atoms with Gasteiger partial charge in [0.2, 0.25) is 10.0 Å². The Morgan fingerprint density at radius 2 is 2.22 bits per heavy atom. The molecule has 0 spiro atoms. The average Bonchev–Trinajstić information content (AvgIpc) is 2.33. The fraction of sp³-hybridized carbons (Fsp3) is 1.00. The van der Waals surface area contributed by atoms with Crippen molar-refractivity contribution in [1.29, 1.82) is 0 Å². The van der Waals surface area contributed by atoms with Crippen LogP contribution in [0.2, 0.25) is 0 Å². The molecule has 1 heterocycles. The molecule has 0 aromatic rings. The van der Waals surface area contributed by atoms with Gasteiger partial charge in [-0.05, 0) is 44.7 Å². The van der Waals surface area contributed by atoms with Crippen LogP contribution in [0.4, 0.5) is 0 Å². The molecule has 1 rings (SSSR count). The summed E-state index contributed by atoms with van der Waals surface area (Å²) in [5.74, 6) is 0.434. The van der Waals surface area contributed by atoms with Crippen LogP contribution in [-0.2, 0) is 10.0 Å². The molecule has 2 unspecified atom stereocenters. The van der Waals surface area contributed by atoms with E-state index in [1.807, 2.05) is 0 Å². The van der Waals surface area contributed by atoms with Crippen molar-refractivity contribution < 1.29 is 8.42 Å². The lowest BCUT2D eigenvalue weighted by molar-refractivity contribution is 0.261. The molecule has 0 aliphatic carbocycles. The van der Waals surface area contributed by atoms with Gasteiger partial charge in [-0.15, -0.1) is 11.6 Å². The fourth-order valence-electron chi connectivity index (χ4n) is 2.26. The molecule has 1 aliphatic heterocycles. The van der Waals surface area contributed by atoms with E-state index in [1.165, 1.54) is 6.26 Å². The smallest absolute Gasteiger partial charge is 0.211 e. The van der Waals surface area contributed by atoms with Crippen molar-refractivity contribution in [3.8, 4) is 0 Å². The Balaban J connectivity index is 2.23. The minimum absolute atomic E-state index is 0.247. The highest BCUT2D eigenvalue weighted by atomic mass is 35.5. The molecule has 6 heteroatoms. The first-order valence-corrected chi connectivity index (χ1v) is 9.02. The molecule has 0 amide bonds. The van der Waals surface area contributed by atoms with Crippen LogP contribution in [0.25, 0.3) is 0 Å². The summed E-state index contributed by atoms with van der Waals surface area (Å²) in [4.78, 5) is 0. The van der Waals surface area contributed by atoms with E-state index in [2.05, 4.69) is 12.2 Å². The van der Waals surface area contributed by atoms with Gasteiger partial charge >= 0.3 is 0 Å². The van der Waals surface area contributed by atoms with E-state index in [9.17, 15) is 8.42 Å². The highest BCUT2D eigenvalue weighted by Crippen LogP contribution is 2.18. The second-order valence-corrected chi connectivity index (χ2v) is 7.73. The zero-order chi connectivity index (χ0) is 13.6. The molecule has 1 N–H and O–H groups in total. The van der Waals surface area contributed by atoms with Crippen molar-refractivity contribution in [3.05, 3.63) is 0 Å². The van der Waals surface area contributed by atoms with Gasteiger partial charge in [-0.25, -0.2) is 12.7 Å². The Kier molecular flexibility index (Phi) is 6.92. The van der Waals surface area contributed by atoms with Crippen molar-refractivity contribution in [2.45, 2.75) is 38.0 Å². The molecule has 1 saturated heterocycles. The van der Waals surface area contributed by atoms with Crippen molar-refractivity contribution in [2.24, 2.45) is 5.92 Å². The van der Waals surface area contributed by atoms with Crippen LogP contribution in [0, 0.1) is 5.92 Å². The molecule has 18 heavy (non-hydrogen) atoms. The molecule has 0 aromatic heterocycles. The van der Waals surface area contributed by atoms with Gasteiger partial charge in [0.25, 0.3) is 0 Å². The quantitative estimate of drug-likeness (QED) is 0.574. The standard InChI is InChI=1S/C12H25ClN2O2S/c1-3-12(13)6-7-14-9-11-5-4-8-15(10-11)18(2,16)17/h11-12,14H,3-10H2,1-2H3. The molecule has 0 radical (unpaired) electrons. The molecule has 1 aliphatic rings. The minimum atomic E-state index is -3.02. The Morgan fingerprint density at radius 3 is 2.83 bits per heavy atom. The molecular weight excluding hydrogens is 272 g/mol. The Labute approximate surface area is 116 Å². The predicted molar refractivity (Wildman–Crippen MR) is 76.6 cm³/mol. The first kappa shape index (κ1) is 16.2. The number of nitrogens with zero attached hydrogens (tertiary/aromatic N) is 1. The summed E-state index contributed by atoms with van der Waals surface area (Å²) in [6.45, 7) is 5.22. The van der Waals surface area contributed by atoms with Gasteiger partial charge in [0.1, 0.15) is 0 Å². The maximum Gasteiger partial charge on any atom is 0.211 e. The second-order valence-electron chi connectivity index (χ2n) is 5.13. The number of rotatable bonds is 7.